The first-order valence-corrected chi connectivity index (χ1v) is 9.18. The molecule has 1 heterocycles. The van der Waals surface area contributed by atoms with Crippen molar-refractivity contribution in [2.24, 2.45) is 0 Å². The number of benzene rings is 2. The predicted octanol–water partition coefficient (Wildman–Crippen LogP) is 3.53. The van der Waals surface area contributed by atoms with E-state index in [1.54, 1.807) is 18.2 Å². The maximum Gasteiger partial charge on any atom is 0.339 e. The molecule has 142 valence electrons. The molecule has 0 radical (unpaired) electrons. The van der Waals surface area contributed by atoms with Crippen LogP contribution < -0.4 is 10.1 Å². The van der Waals surface area contributed by atoms with E-state index in [1.807, 2.05) is 30.3 Å². The first-order valence-electron chi connectivity index (χ1n) is 9.18. The molecule has 28 heavy (non-hydrogen) atoms. The molecule has 0 bridgehead atoms. The zero-order chi connectivity index (χ0) is 19.5. The van der Waals surface area contributed by atoms with Gasteiger partial charge in [0.1, 0.15) is 5.75 Å². The van der Waals surface area contributed by atoms with Gasteiger partial charge in [-0.1, -0.05) is 30.3 Å². The van der Waals surface area contributed by atoms with Gasteiger partial charge in [-0.25, -0.2) is 4.79 Å². The van der Waals surface area contributed by atoms with Gasteiger partial charge >= 0.3 is 5.97 Å². The second-order valence-corrected chi connectivity index (χ2v) is 6.61. The molecule has 1 amide bonds. The minimum absolute atomic E-state index is 0.373. The van der Waals surface area contributed by atoms with E-state index in [0.717, 1.165) is 41.4 Å². The summed E-state index contributed by atoms with van der Waals surface area (Å²) in [6.45, 7) is -0.373. The van der Waals surface area contributed by atoms with E-state index < -0.39 is 11.9 Å². The van der Waals surface area contributed by atoms with Gasteiger partial charge in [-0.2, -0.15) is 0 Å². The Labute approximate surface area is 162 Å². The molecule has 2 aromatic carbocycles. The summed E-state index contributed by atoms with van der Waals surface area (Å²) >= 11 is 0. The number of hydrogen-bond donors (Lipinski definition) is 1. The summed E-state index contributed by atoms with van der Waals surface area (Å²) in [6, 6.07) is 14.6. The van der Waals surface area contributed by atoms with Crippen molar-refractivity contribution in [1.82, 2.24) is 4.98 Å². The Morgan fingerprint density at radius 3 is 2.71 bits per heavy atom. The number of anilines is 1. The summed E-state index contributed by atoms with van der Waals surface area (Å²) in [7, 11) is 1.53. The summed E-state index contributed by atoms with van der Waals surface area (Å²) < 4.78 is 10.6. The van der Waals surface area contributed by atoms with Crippen LogP contribution >= 0.6 is 0 Å². The van der Waals surface area contributed by atoms with E-state index in [0.29, 0.717) is 17.0 Å². The smallest absolute Gasteiger partial charge is 0.339 e. The molecule has 1 aromatic heterocycles. The number of aromatic nitrogens is 1. The van der Waals surface area contributed by atoms with Gasteiger partial charge in [0, 0.05) is 11.1 Å². The SMILES string of the molecule is COc1ccccc1NC(=O)COC(=O)c1c2c(nc3ccccc13)CCC2. The number of fused-ring (bicyclic) bond motifs is 2. The highest BCUT2D eigenvalue weighted by Gasteiger charge is 2.25. The summed E-state index contributed by atoms with van der Waals surface area (Å²) in [6.07, 6.45) is 2.62. The lowest BCUT2D eigenvalue weighted by atomic mass is 10.0. The Hall–Kier alpha value is -3.41. The van der Waals surface area contributed by atoms with Crippen LogP contribution in [0.4, 0.5) is 5.69 Å². The number of carbonyl (C=O) groups is 2. The Morgan fingerprint density at radius 1 is 1.07 bits per heavy atom. The number of aryl methyl sites for hydroxylation is 1. The molecule has 1 N–H and O–H groups in total. The average molecular weight is 376 g/mol. The van der Waals surface area contributed by atoms with Gasteiger partial charge in [0.05, 0.1) is 23.9 Å². The third-order valence-electron chi connectivity index (χ3n) is 4.84. The molecule has 6 nitrogen and oxygen atoms in total. The first kappa shape index (κ1) is 18.0. The van der Waals surface area contributed by atoms with Crippen LogP contribution in [0.2, 0.25) is 0 Å². The van der Waals surface area contributed by atoms with Crippen LogP contribution in [0.15, 0.2) is 48.5 Å². The largest absolute Gasteiger partial charge is 0.495 e. The van der Waals surface area contributed by atoms with E-state index in [1.165, 1.54) is 7.11 Å². The summed E-state index contributed by atoms with van der Waals surface area (Å²) in [5.74, 6) is -0.375. The van der Waals surface area contributed by atoms with Crippen molar-refractivity contribution < 1.29 is 19.1 Å². The quantitative estimate of drug-likeness (QED) is 0.690. The molecule has 0 atom stereocenters. The third-order valence-corrected chi connectivity index (χ3v) is 4.84. The number of rotatable bonds is 5. The number of nitrogens with one attached hydrogen (secondary N) is 1. The molecule has 1 aliphatic carbocycles. The van der Waals surface area contributed by atoms with E-state index in [9.17, 15) is 9.59 Å². The topological polar surface area (TPSA) is 77.5 Å². The molecule has 0 saturated carbocycles. The van der Waals surface area contributed by atoms with Gasteiger partial charge in [-0.15, -0.1) is 0 Å². The number of ether oxygens (including phenoxy) is 2. The lowest BCUT2D eigenvalue weighted by Gasteiger charge is -2.13. The van der Waals surface area contributed by atoms with E-state index in [2.05, 4.69) is 10.3 Å². The monoisotopic (exact) mass is 376 g/mol. The molecule has 1 aliphatic rings. The number of nitrogens with zero attached hydrogens (tertiary/aromatic N) is 1. The molecule has 0 saturated heterocycles. The van der Waals surface area contributed by atoms with Crippen molar-refractivity contribution in [3.63, 3.8) is 0 Å². The van der Waals surface area contributed by atoms with Crippen molar-refractivity contribution in [1.29, 1.82) is 0 Å². The Bertz CT molecular complexity index is 1060. The molecule has 0 spiro atoms. The van der Waals surface area contributed by atoms with Crippen molar-refractivity contribution in [3.05, 3.63) is 65.4 Å². The molecule has 4 rings (SSSR count). The van der Waals surface area contributed by atoms with Crippen LogP contribution in [0.1, 0.15) is 28.0 Å². The lowest BCUT2D eigenvalue weighted by Crippen LogP contribution is -2.22. The molecule has 6 heteroatoms. The summed E-state index contributed by atoms with van der Waals surface area (Å²) in [5, 5.41) is 3.47. The molecule has 3 aromatic rings. The van der Waals surface area contributed by atoms with Crippen molar-refractivity contribution in [3.8, 4) is 5.75 Å². The van der Waals surface area contributed by atoms with Crippen LogP contribution in [-0.4, -0.2) is 30.6 Å². The zero-order valence-corrected chi connectivity index (χ0v) is 15.5. The predicted molar refractivity (Wildman–Crippen MR) is 106 cm³/mol. The maximum atomic E-state index is 12.8. The van der Waals surface area contributed by atoms with E-state index in [4.69, 9.17) is 9.47 Å². The van der Waals surface area contributed by atoms with E-state index in [-0.39, 0.29) is 6.61 Å². The molecule has 0 unspecified atom stereocenters. The number of methoxy groups -OCH3 is 1. The fraction of sp³-hybridized carbons (Fsp3) is 0.227. The third kappa shape index (κ3) is 3.41. The Balaban J connectivity index is 1.52. The number of hydrogen-bond acceptors (Lipinski definition) is 5. The number of amides is 1. The minimum Gasteiger partial charge on any atom is -0.495 e. The highest BCUT2D eigenvalue weighted by Crippen LogP contribution is 2.30. The van der Waals surface area contributed by atoms with Crippen molar-refractivity contribution >= 4 is 28.5 Å². The second kappa shape index (κ2) is 7.68. The summed E-state index contributed by atoms with van der Waals surface area (Å²) in [4.78, 5) is 29.8. The molecule has 0 fully saturated rings. The zero-order valence-electron chi connectivity index (χ0n) is 15.5. The lowest BCUT2D eigenvalue weighted by molar-refractivity contribution is -0.119. The molecule has 0 aliphatic heterocycles. The van der Waals surface area contributed by atoms with Crippen LogP contribution in [0, 0.1) is 0 Å². The van der Waals surface area contributed by atoms with Crippen molar-refractivity contribution in [2.75, 3.05) is 19.0 Å². The van der Waals surface area contributed by atoms with Gasteiger partial charge in [0.2, 0.25) is 0 Å². The van der Waals surface area contributed by atoms with Crippen LogP contribution in [0.3, 0.4) is 0 Å². The van der Waals surface area contributed by atoms with Gasteiger partial charge in [0.15, 0.2) is 6.61 Å². The van der Waals surface area contributed by atoms with E-state index >= 15 is 0 Å². The summed E-state index contributed by atoms with van der Waals surface area (Å²) in [5.41, 5.74) is 3.72. The average Bonchev–Trinajstić information content (AvgIpc) is 3.18. The fourth-order valence-corrected chi connectivity index (χ4v) is 3.58. The normalized spacial score (nSPS) is 12.5. The van der Waals surface area contributed by atoms with Crippen LogP contribution in [-0.2, 0) is 22.4 Å². The van der Waals surface area contributed by atoms with Gasteiger partial charge in [-0.05, 0) is 43.0 Å². The Morgan fingerprint density at radius 2 is 1.86 bits per heavy atom. The maximum absolute atomic E-state index is 12.8. The highest BCUT2D eigenvalue weighted by atomic mass is 16.5. The van der Waals surface area contributed by atoms with Crippen LogP contribution in [0.25, 0.3) is 10.9 Å². The standard InChI is InChI=1S/C22H20N2O4/c1-27-19-12-5-4-10-18(19)24-20(25)13-28-22(26)21-14-7-2-3-9-16(14)23-17-11-6-8-15(17)21/h2-5,7,9-10,12H,6,8,11,13H2,1H3,(H,24,25). The van der Waals surface area contributed by atoms with Gasteiger partial charge < -0.3 is 14.8 Å². The molecular formula is C22H20N2O4. The highest BCUT2D eigenvalue weighted by molar-refractivity contribution is 6.06. The Kier molecular flexibility index (Phi) is 4.93. The number of carbonyl (C=O) groups excluding carboxylic acids is 2. The van der Waals surface area contributed by atoms with Gasteiger partial charge in [0.25, 0.3) is 5.91 Å². The molecular weight excluding hydrogens is 356 g/mol. The number of esters is 1. The minimum atomic E-state index is -0.494. The van der Waals surface area contributed by atoms with Gasteiger partial charge in [-0.3, -0.25) is 9.78 Å². The number of pyridine rings is 1. The van der Waals surface area contributed by atoms with Crippen LogP contribution in [0.5, 0.6) is 5.75 Å². The second-order valence-electron chi connectivity index (χ2n) is 6.61. The van der Waals surface area contributed by atoms with Crippen molar-refractivity contribution in [2.45, 2.75) is 19.3 Å². The number of para-hydroxylation sites is 3. The fourth-order valence-electron chi connectivity index (χ4n) is 3.58. The first-order chi connectivity index (χ1) is 13.7.